The molecule has 10 heteroatoms. The summed E-state index contributed by atoms with van der Waals surface area (Å²) in [6.45, 7) is 0. The molecular weight excluding hydrogens is 443 g/mol. The molecule has 3 aromatic heterocycles. The Bertz CT molecular complexity index is 1580. The fourth-order valence-corrected chi connectivity index (χ4v) is 4.40. The molecule has 2 aromatic carbocycles. The molecule has 0 amide bonds. The van der Waals surface area contributed by atoms with Gasteiger partial charge >= 0.3 is 0 Å². The zero-order valence-electron chi connectivity index (χ0n) is 17.3. The fourth-order valence-electron chi connectivity index (χ4n) is 3.37. The van der Waals surface area contributed by atoms with Crippen LogP contribution < -0.4 is 4.72 Å². The molecule has 0 atom stereocenters. The lowest BCUT2D eigenvalue weighted by Gasteiger charge is -2.10. The van der Waals surface area contributed by atoms with E-state index < -0.39 is 15.8 Å². The number of aryl methyl sites for hydroxylation is 1. The molecule has 0 bridgehead atoms. The van der Waals surface area contributed by atoms with E-state index in [1.807, 2.05) is 31.4 Å². The van der Waals surface area contributed by atoms with Crippen LogP contribution in [-0.2, 0) is 17.1 Å². The Hall–Kier alpha value is -4.18. The van der Waals surface area contributed by atoms with Crippen LogP contribution in [0.1, 0.15) is 0 Å². The lowest BCUT2D eigenvalue weighted by molar-refractivity contribution is 0.599. The highest BCUT2D eigenvalue weighted by Gasteiger charge is 2.15. The standard InChI is InChI=1S/C23H17FN6O2S/c1-30-14-17(11-27-30)23-13-26-21-7-2-15(9-22(21)28-23)16-8-19(12-25-10-16)29-33(31,32)20-5-3-18(24)4-6-20/h2-14,29H,1H3. The summed E-state index contributed by atoms with van der Waals surface area (Å²) < 4.78 is 42.6. The van der Waals surface area contributed by atoms with Crippen molar-refractivity contribution in [2.24, 2.45) is 7.05 Å². The Kier molecular flexibility index (Phi) is 5.06. The third-order valence-corrected chi connectivity index (χ3v) is 6.39. The van der Waals surface area contributed by atoms with E-state index in [1.165, 1.54) is 18.3 Å². The summed E-state index contributed by atoms with van der Waals surface area (Å²) >= 11 is 0. The van der Waals surface area contributed by atoms with Crippen molar-refractivity contribution in [3.8, 4) is 22.4 Å². The number of aromatic nitrogens is 5. The van der Waals surface area contributed by atoms with E-state index in [2.05, 4.69) is 19.8 Å². The maximum absolute atomic E-state index is 13.1. The van der Waals surface area contributed by atoms with Crippen molar-refractivity contribution in [2.75, 3.05) is 4.72 Å². The predicted octanol–water partition coefficient (Wildman–Crippen LogP) is 4.03. The Labute approximate surface area is 188 Å². The highest BCUT2D eigenvalue weighted by molar-refractivity contribution is 7.92. The summed E-state index contributed by atoms with van der Waals surface area (Å²) in [5.74, 6) is -0.510. The molecule has 8 nitrogen and oxygen atoms in total. The van der Waals surface area contributed by atoms with E-state index in [0.717, 1.165) is 28.8 Å². The van der Waals surface area contributed by atoms with Crippen molar-refractivity contribution in [3.63, 3.8) is 0 Å². The Morgan fingerprint density at radius 3 is 2.45 bits per heavy atom. The van der Waals surface area contributed by atoms with Crippen LogP contribution in [0.25, 0.3) is 33.4 Å². The number of fused-ring (bicyclic) bond motifs is 1. The molecule has 0 fully saturated rings. The third-order valence-electron chi connectivity index (χ3n) is 4.99. The number of pyridine rings is 1. The number of nitrogens with zero attached hydrogens (tertiary/aromatic N) is 5. The quantitative estimate of drug-likeness (QED) is 0.425. The van der Waals surface area contributed by atoms with E-state index in [-0.39, 0.29) is 10.6 Å². The highest BCUT2D eigenvalue weighted by atomic mass is 32.2. The first-order valence-corrected chi connectivity index (χ1v) is 11.4. The van der Waals surface area contributed by atoms with Crippen LogP contribution in [-0.4, -0.2) is 33.2 Å². The normalized spacial score (nSPS) is 11.6. The zero-order chi connectivity index (χ0) is 23.0. The molecule has 164 valence electrons. The van der Waals surface area contributed by atoms with Crippen LogP contribution in [0.15, 0.2) is 84.4 Å². The number of rotatable bonds is 5. The number of anilines is 1. The van der Waals surface area contributed by atoms with Gasteiger partial charge in [0.15, 0.2) is 0 Å². The highest BCUT2D eigenvalue weighted by Crippen LogP contribution is 2.27. The first kappa shape index (κ1) is 20.7. The Morgan fingerprint density at radius 1 is 0.879 bits per heavy atom. The van der Waals surface area contributed by atoms with E-state index >= 15 is 0 Å². The largest absolute Gasteiger partial charge is 0.278 e. The number of sulfonamides is 1. The minimum absolute atomic E-state index is 0.0433. The SMILES string of the molecule is Cn1cc(-c2cnc3ccc(-c4cncc(NS(=O)(=O)c5ccc(F)cc5)c4)cc3n2)cn1. The summed E-state index contributed by atoms with van der Waals surface area (Å²) in [7, 11) is -2.05. The monoisotopic (exact) mass is 460 g/mol. The zero-order valence-corrected chi connectivity index (χ0v) is 18.2. The van der Waals surface area contributed by atoms with Gasteiger partial charge in [0, 0.05) is 30.6 Å². The Balaban J connectivity index is 1.47. The summed E-state index contributed by atoms with van der Waals surface area (Å²) in [5, 5.41) is 4.17. The summed E-state index contributed by atoms with van der Waals surface area (Å²) in [4.78, 5) is 13.3. The van der Waals surface area contributed by atoms with Crippen molar-refractivity contribution < 1.29 is 12.8 Å². The lowest BCUT2D eigenvalue weighted by atomic mass is 10.1. The molecule has 0 saturated heterocycles. The van der Waals surface area contributed by atoms with E-state index in [4.69, 9.17) is 4.98 Å². The van der Waals surface area contributed by atoms with Crippen molar-refractivity contribution in [1.29, 1.82) is 0 Å². The van der Waals surface area contributed by atoms with Crippen molar-refractivity contribution in [2.45, 2.75) is 4.90 Å². The maximum atomic E-state index is 13.1. The van der Waals surface area contributed by atoms with Crippen LogP contribution in [0.4, 0.5) is 10.1 Å². The molecule has 1 N–H and O–H groups in total. The van der Waals surface area contributed by atoms with Gasteiger partial charge in [0.1, 0.15) is 5.82 Å². The molecule has 33 heavy (non-hydrogen) atoms. The predicted molar refractivity (Wildman–Crippen MR) is 122 cm³/mol. The van der Waals surface area contributed by atoms with Gasteiger partial charge in [-0.3, -0.25) is 19.4 Å². The number of halogens is 1. The summed E-state index contributed by atoms with van der Waals surface area (Å²) in [5.41, 5.74) is 4.76. The van der Waals surface area contributed by atoms with Gasteiger partial charge in [0.05, 0.1) is 45.9 Å². The topological polar surface area (TPSA) is 103 Å². The van der Waals surface area contributed by atoms with Gasteiger partial charge < -0.3 is 0 Å². The van der Waals surface area contributed by atoms with Crippen LogP contribution in [0, 0.1) is 5.82 Å². The molecule has 0 radical (unpaired) electrons. The Morgan fingerprint density at radius 2 is 1.70 bits per heavy atom. The molecule has 3 heterocycles. The number of benzene rings is 2. The number of hydrogen-bond acceptors (Lipinski definition) is 6. The van der Waals surface area contributed by atoms with Crippen LogP contribution in [0.2, 0.25) is 0 Å². The first-order valence-electron chi connectivity index (χ1n) is 9.87. The number of nitrogens with one attached hydrogen (secondary N) is 1. The van der Waals surface area contributed by atoms with Gasteiger partial charge in [-0.15, -0.1) is 0 Å². The van der Waals surface area contributed by atoms with Crippen LogP contribution in [0.3, 0.4) is 0 Å². The van der Waals surface area contributed by atoms with Gasteiger partial charge in [-0.05, 0) is 48.0 Å². The molecule has 5 aromatic rings. The summed E-state index contributed by atoms with van der Waals surface area (Å²) in [6, 6.07) is 11.9. The molecule has 0 spiro atoms. The fraction of sp³-hybridized carbons (Fsp3) is 0.0435. The minimum atomic E-state index is -3.88. The lowest BCUT2D eigenvalue weighted by Crippen LogP contribution is -2.13. The molecule has 0 aliphatic carbocycles. The molecular formula is C23H17FN6O2S. The third kappa shape index (κ3) is 4.28. The van der Waals surface area contributed by atoms with E-state index in [9.17, 15) is 12.8 Å². The van der Waals surface area contributed by atoms with Crippen molar-refractivity contribution >= 4 is 26.7 Å². The molecule has 0 aliphatic rings. The average Bonchev–Trinajstić information content (AvgIpc) is 3.25. The summed E-state index contributed by atoms with van der Waals surface area (Å²) in [6.07, 6.45) is 8.33. The smallest absolute Gasteiger partial charge is 0.261 e. The van der Waals surface area contributed by atoms with Gasteiger partial charge in [0.2, 0.25) is 0 Å². The molecule has 0 saturated carbocycles. The minimum Gasteiger partial charge on any atom is -0.278 e. The van der Waals surface area contributed by atoms with Gasteiger partial charge in [0.25, 0.3) is 10.0 Å². The van der Waals surface area contributed by atoms with Crippen molar-refractivity contribution in [3.05, 3.63) is 85.3 Å². The number of hydrogen-bond donors (Lipinski definition) is 1. The van der Waals surface area contributed by atoms with Crippen molar-refractivity contribution in [1.82, 2.24) is 24.7 Å². The maximum Gasteiger partial charge on any atom is 0.261 e. The van der Waals surface area contributed by atoms with E-state index in [0.29, 0.717) is 16.8 Å². The van der Waals surface area contributed by atoms with Gasteiger partial charge in [-0.25, -0.2) is 17.8 Å². The van der Waals surface area contributed by atoms with Gasteiger partial charge in [-0.2, -0.15) is 5.10 Å². The van der Waals surface area contributed by atoms with E-state index in [1.54, 1.807) is 29.3 Å². The molecule has 0 aliphatic heterocycles. The molecule has 5 rings (SSSR count). The second kappa shape index (κ2) is 8.06. The first-order chi connectivity index (χ1) is 15.9. The van der Waals surface area contributed by atoms with Crippen LogP contribution >= 0.6 is 0 Å². The second-order valence-electron chi connectivity index (χ2n) is 7.38. The second-order valence-corrected chi connectivity index (χ2v) is 9.07. The molecule has 0 unspecified atom stereocenters. The average molecular weight is 460 g/mol. The van der Waals surface area contributed by atoms with Gasteiger partial charge in [-0.1, -0.05) is 6.07 Å². The van der Waals surface area contributed by atoms with Crippen LogP contribution in [0.5, 0.6) is 0 Å².